The summed E-state index contributed by atoms with van der Waals surface area (Å²) in [5.74, 6) is -1.53. The van der Waals surface area contributed by atoms with Crippen molar-refractivity contribution >= 4 is 40.8 Å². The molecule has 0 amide bonds. The number of benzene rings is 2. The first-order valence-electron chi connectivity index (χ1n) is 5.63. The van der Waals surface area contributed by atoms with Gasteiger partial charge in [-0.15, -0.1) is 0 Å². The van der Waals surface area contributed by atoms with E-state index in [0.717, 1.165) is 0 Å². The molecular formula is C15H9Cl2FO2. The van der Waals surface area contributed by atoms with Gasteiger partial charge in [-0.25, -0.2) is 9.18 Å². The third-order valence-corrected chi connectivity index (χ3v) is 3.38. The molecule has 0 atom stereocenters. The molecule has 0 radical (unpaired) electrons. The molecule has 0 unspecified atom stereocenters. The second kappa shape index (κ2) is 6.07. The molecule has 0 fully saturated rings. The maximum Gasteiger partial charge on any atom is 0.336 e. The van der Waals surface area contributed by atoms with Gasteiger partial charge < -0.3 is 5.11 Å². The fourth-order valence-corrected chi connectivity index (χ4v) is 1.97. The highest BCUT2D eigenvalue weighted by Gasteiger charge is 2.11. The van der Waals surface area contributed by atoms with Gasteiger partial charge in [0.2, 0.25) is 0 Å². The van der Waals surface area contributed by atoms with Crippen molar-refractivity contribution in [3.05, 3.63) is 69.5 Å². The molecule has 0 saturated carbocycles. The zero-order valence-corrected chi connectivity index (χ0v) is 11.6. The van der Waals surface area contributed by atoms with E-state index in [2.05, 4.69) is 0 Å². The molecule has 0 heterocycles. The Morgan fingerprint density at radius 1 is 1.05 bits per heavy atom. The molecule has 0 bridgehead atoms. The highest BCUT2D eigenvalue weighted by molar-refractivity contribution is 6.42. The predicted molar refractivity (Wildman–Crippen MR) is 78.4 cm³/mol. The van der Waals surface area contributed by atoms with Gasteiger partial charge in [0.25, 0.3) is 0 Å². The summed E-state index contributed by atoms with van der Waals surface area (Å²) in [6.07, 6.45) is 1.46. The van der Waals surface area contributed by atoms with Crippen LogP contribution in [-0.2, 0) is 4.79 Å². The van der Waals surface area contributed by atoms with E-state index < -0.39 is 11.8 Å². The zero-order valence-electron chi connectivity index (χ0n) is 10.1. The number of carboxylic acid groups (broad SMARTS) is 1. The summed E-state index contributed by atoms with van der Waals surface area (Å²) < 4.78 is 12.9. The minimum Gasteiger partial charge on any atom is -0.478 e. The Morgan fingerprint density at radius 3 is 2.25 bits per heavy atom. The van der Waals surface area contributed by atoms with E-state index in [4.69, 9.17) is 23.2 Å². The first kappa shape index (κ1) is 14.6. The lowest BCUT2D eigenvalue weighted by molar-refractivity contribution is -0.130. The molecule has 2 rings (SSSR count). The first-order valence-corrected chi connectivity index (χ1v) is 6.39. The van der Waals surface area contributed by atoms with Crippen LogP contribution in [0.1, 0.15) is 11.1 Å². The molecule has 2 nitrogen and oxygen atoms in total. The summed E-state index contributed by atoms with van der Waals surface area (Å²) in [4.78, 5) is 11.3. The summed E-state index contributed by atoms with van der Waals surface area (Å²) in [5, 5.41) is 9.99. The average Bonchev–Trinajstić information content (AvgIpc) is 2.41. The van der Waals surface area contributed by atoms with E-state index in [0.29, 0.717) is 21.2 Å². The van der Waals surface area contributed by atoms with E-state index in [9.17, 15) is 14.3 Å². The maximum absolute atomic E-state index is 12.9. The predicted octanol–water partition coefficient (Wildman–Crippen LogP) is 4.76. The van der Waals surface area contributed by atoms with Crippen molar-refractivity contribution in [3.63, 3.8) is 0 Å². The van der Waals surface area contributed by atoms with E-state index in [1.807, 2.05) is 0 Å². The van der Waals surface area contributed by atoms with Crippen LogP contribution in [0, 0.1) is 5.82 Å². The molecule has 0 aliphatic rings. The van der Waals surface area contributed by atoms with Gasteiger partial charge in [0.05, 0.1) is 15.6 Å². The van der Waals surface area contributed by atoms with Gasteiger partial charge >= 0.3 is 5.97 Å². The SMILES string of the molecule is O=C(O)/C(=C\c1ccc(Cl)c(Cl)c1)c1ccc(F)cc1. The zero-order chi connectivity index (χ0) is 14.7. The highest BCUT2D eigenvalue weighted by Crippen LogP contribution is 2.25. The molecule has 20 heavy (non-hydrogen) atoms. The molecular weight excluding hydrogens is 302 g/mol. The number of hydrogen-bond acceptors (Lipinski definition) is 1. The van der Waals surface area contributed by atoms with Crippen LogP contribution in [0.2, 0.25) is 10.0 Å². The summed E-state index contributed by atoms with van der Waals surface area (Å²) in [6, 6.07) is 10.0. The van der Waals surface area contributed by atoms with Crippen LogP contribution in [0.15, 0.2) is 42.5 Å². The van der Waals surface area contributed by atoms with Crippen molar-refractivity contribution < 1.29 is 14.3 Å². The third-order valence-electron chi connectivity index (χ3n) is 2.64. The monoisotopic (exact) mass is 310 g/mol. The van der Waals surface area contributed by atoms with Crippen molar-refractivity contribution in [2.45, 2.75) is 0 Å². The van der Waals surface area contributed by atoms with E-state index >= 15 is 0 Å². The topological polar surface area (TPSA) is 37.3 Å². The Labute approximate surface area is 125 Å². The standard InChI is InChI=1S/C15H9Cl2FO2/c16-13-6-1-9(8-14(13)17)7-12(15(19)20)10-2-4-11(18)5-3-10/h1-8H,(H,19,20)/b12-7-. The average molecular weight is 311 g/mol. The van der Waals surface area contributed by atoms with Crippen LogP contribution >= 0.6 is 23.2 Å². The van der Waals surface area contributed by atoms with Crippen molar-refractivity contribution in [2.75, 3.05) is 0 Å². The molecule has 0 aliphatic carbocycles. The van der Waals surface area contributed by atoms with Crippen LogP contribution in [0.4, 0.5) is 4.39 Å². The first-order chi connectivity index (χ1) is 9.47. The van der Waals surface area contributed by atoms with E-state index in [1.165, 1.54) is 30.3 Å². The Balaban J connectivity index is 2.47. The van der Waals surface area contributed by atoms with Crippen molar-refractivity contribution in [3.8, 4) is 0 Å². The number of rotatable bonds is 3. The van der Waals surface area contributed by atoms with Gasteiger partial charge in [-0.2, -0.15) is 0 Å². The molecule has 1 N–H and O–H groups in total. The lowest BCUT2D eigenvalue weighted by Gasteiger charge is -2.04. The minimum absolute atomic E-state index is 0.0448. The highest BCUT2D eigenvalue weighted by atomic mass is 35.5. The molecule has 2 aromatic rings. The fourth-order valence-electron chi connectivity index (χ4n) is 1.67. The second-order valence-corrected chi connectivity index (χ2v) is 4.86. The summed E-state index contributed by atoms with van der Waals surface area (Å²) >= 11 is 11.7. The number of hydrogen-bond donors (Lipinski definition) is 1. The van der Waals surface area contributed by atoms with Gasteiger partial charge in [-0.1, -0.05) is 41.4 Å². The van der Waals surface area contributed by atoms with Crippen LogP contribution in [0.3, 0.4) is 0 Å². The molecule has 102 valence electrons. The molecule has 2 aromatic carbocycles. The van der Waals surface area contributed by atoms with Gasteiger partial charge in [0.1, 0.15) is 5.82 Å². The number of carboxylic acids is 1. The lowest BCUT2D eigenvalue weighted by Crippen LogP contribution is -1.99. The number of halogens is 3. The molecule has 0 aromatic heterocycles. The normalized spacial score (nSPS) is 11.4. The Hall–Kier alpha value is -1.84. The van der Waals surface area contributed by atoms with Gasteiger partial charge in [-0.05, 0) is 41.5 Å². The fraction of sp³-hybridized carbons (Fsp3) is 0. The lowest BCUT2D eigenvalue weighted by atomic mass is 10.0. The largest absolute Gasteiger partial charge is 0.478 e. The number of carbonyl (C=O) groups is 1. The Morgan fingerprint density at radius 2 is 1.70 bits per heavy atom. The Bertz CT molecular complexity index is 679. The van der Waals surface area contributed by atoms with Crippen molar-refractivity contribution in [1.29, 1.82) is 0 Å². The van der Waals surface area contributed by atoms with Crippen molar-refractivity contribution in [1.82, 2.24) is 0 Å². The van der Waals surface area contributed by atoms with Crippen LogP contribution in [0.25, 0.3) is 11.6 Å². The summed E-state index contributed by atoms with van der Waals surface area (Å²) in [7, 11) is 0. The van der Waals surface area contributed by atoms with E-state index in [1.54, 1.807) is 18.2 Å². The molecule has 5 heteroatoms. The maximum atomic E-state index is 12.9. The third kappa shape index (κ3) is 3.38. The van der Waals surface area contributed by atoms with Gasteiger partial charge in [-0.3, -0.25) is 0 Å². The molecule has 0 saturated heterocycles. The van der Waals surface area contributed by atoms with Crippen LogP contribution < -0.4 is 0 Å². The smallest absolute Gasteiger partial charge is 0.336 e. The van der Waals surface area contributed by atoms with Crippen molar-refractivity contribution in [2.24, 2.45) is 0 Å². The number of aliphatic carboxylic acids is 1. The van der Waals surface area contributed by atoms with Crippen LogP contribution in [-0.4, -0.2) is 11.1 Å². The van der Waals surface area contributed by atoms with Gasteiger partial charge in [0.15, 0.2) is 0 Å². The minimum atomic E-state index is -1.11. The van der Waals surface area contributed by atoms with Gasteiger partial charge in [0, 0.05) is 0 Å². The molecule has 0 aliphatic heterocycles. The molecule has 0 spiro atoms. The second-order valence-electron chi connectivity index (χ2n) is 4.04. The quantitative estimate of drug-likeness (QED) is 0.655. The Kier molecular flexibility index (Phi) is 4.42. The summed E-state index contributed by atoms with van der Waals surface area (Å²) in [6.45, 7) is 0. The van der Waals surface area contributed by atoms with Crippen LogP contribution in [0.5, 0.6) is 0 Å². The van der Waals surface area contributed by atoms with E-state index in [-0.39, 0.29) is 5.57 Å². The summed E-state index contributed by atoms with van der Waals surface area (Å²) in [5.41, 5.74) is 1.05.